The fourth-order valence-electron chi connectivity index (χ4n) is 0.338. The molecule has 0 saturated heterocycles. The van der Waals surface area contributed by atoms with E-state index in [1.54, 1.807) is 0 Å². The van der Waals surface area contributed by atoms with E-state index in [9.17, 15) is 18.0 Å². The normalized spacial score (nSPS) is 11.3. The van der Waals surface area contributed by atoms with E-state index in [4.69, 9.17) is 0 Å². The first kappa shape index (κ1) is 11.2. The van der Waals surface area contributed by atoms with Gasteiger partial charge in [0.25, 0.3) is 0 Å². The highest BCUT2D eigenvalue weighted by atomic mass is 19.4. The minimum Gasteiger partial charge on any atom is -0.358 e. The van der Waals surface area contributed by atoms with Gasteiger partial charge in [-0.15, -0.1) is 0 Å². The number of likely N-dealkylation sites (N-methyl/N-ethyl adjacent to an activating group) is 1. The van der Waals surface area contributed by atoms with Crippen LogP contribution in [0.4, 0.5) is 13.2 Å². The van der Waals surface area contributed by atoms with Gasteiger partial charge < -0.3 is 5.32 Å². The summed E-state index contributed by atoms with van der Waals surface area (Å²) in [4.78, 5) is 14.3. The monoisotopic (exact) mass is 186 g/mol. The van der Waals surface area contributed by atoms with E-state index in [-0.39, 0.29) is 6.54 Å². The fraction of sp³-hybridized carbons (Fsp3) is 0.800. The summed E-state index contributed by atoms with van der Waals surface area (Å²) in [5, 5.41) is 2.20. The molecule has 0 aliphatic heterocycles. The van der Waals surface area contributed by atoms with Crippen molar-refractivity contribution in [1.29, 1.82) is 0 Å². The maximum absolute atomic E-state index is 11.4. The summed E-state index contributed by atoms with van der Waals surface area (Å²) in [6.07, 6.45) is -4.38. The maximum atomic E-state index is 11.4. The third-order valence-electron chi connectivity index (χ3n) is 0.849. The van der Waals surface area contributed by atoms with Gasteiger partial charge >= 0.3 is 6.18 Å². The molecule has 0 radical (unpaired) electrons. The van der Waals surface area contributed by atoms with E-state index >= 15 is 0 Å². The van der Waals surface area contributed by atoms with Gasteiger partial charge in [-0.1, -0.05) is 0 Å². The second-order valence-corrected chi connectivity index (χ2v) is 1.90. The zero-order valence-electron chi connectivity index (χ0n) is 6.36. The summed E-state index contributed by atoms with van der Waals surface area (Å²) in [5.74, 6) is -0.447. The van der Waals surface area contributed by atoms with Crippen molar-refractivity contribution in [2.24, 2.45) is 0 Å². The van der Waals surface area contributed by atoms with Crippen LogP contribution >= 0.6 is 0 Å². The van der Waals surface area contributed by atoms with Crippen LogP contribution in [0.15, 0.2) is 0 Å². The molecular weight excluding hydrogens is 177 g/mol. The Morgan fingerprint density at radius 1 is 1.50 bits per heavy atom. The highest BCUT2D eigenvalue weighted by Gasteiger charge is 2.27. The summed E-state index contributed by atoms with van der Waals surface area (Å²) < 4.78 is 34.2. The molecule has 0 atom stereocenters. The fourth-order valence-corrected chi connectivity index (χ4v) is 0.338. The molecule has 0 heterocycles. The molecular formula is C5H9F3N2O2. The van der Waals surface area contributed by atoms with Crippen molar-refractivity contribution in [3.05, 3.63) is 0 Å². The molecule has 12 heavy (non-hydrogen) atoms. The average molecular weight is 186 g/mol. The van der Waals surface area contributed by atoms with Gasteiger partial charge in [-0.3, -0.25) is 9.63 Å². The van der Waals surface area contributed by atoms with Crippen LogP contribution in [-0.4, -0.2) is 32.3 Å². The second-order valence-electron chi connectivity index (χ2n) is 1.90. The molecule has 7 heteroatoms. The smallest absolute Gasteiger partial charge is 0.358 e. The first-order valence-electron chi connectivity index (χ1n) is 3.07. The highest BCUT2D eigenvalue weighted by molar-refractivity contribution is 5.77. The molecule has 72 valence electrons. The lowest BCUT2D eigenvalue weighted by molar-refractivity contribution is -0.189. The predicted molar refractivity (Wildman–Crippen MR) is 34.1 cm³/mol. The third-order valence-corrected chi connectivity index (χ3v) is 0.849. The van der Waals surface area contributed by atoms with Crippen molar-refractivity contribution in [1.82, 2.24) is 10.8 Å². The number of amides is 1. The van der Waals surface area contributed by atoms with Gasteiger partial charge in [0.1, 0.15) is 0 Å². The van der Waals surface area contributed by atoms with Gasteiger partial charge in [-0.25, -0.2) is 0 Å². The molecule has 0 spiro atoms. The quantitative estimate of drug-likeness (QED) is 0.473. The molecule has 0 aromatic carbocycles. The van der Waals surface area contributed by atoms with E-state index in [0.29, 0.717) is 0 Å². The summed E-state index contributed by atoms with van der Waals surface area (Å²) in [6.45, 7) is -1.71. The van der Waals surface area contributed by atoms with E-state index < -0.39 is 18.7 Å². The van der Waals surface area contributed by atoms with Crippen LogP contribution in [-0.2, 0) is 9.63 Å². The van der Waals surface area contributed by atoms with Crippen LogP contribution in [0.5, 0.6) is 0 Å². The average Bonchev–Trinajstić information content (AvgIpc) is 1.96. The Kier molecular flexibility index (Phi) is 4.60. The number of halogens is 3. The minimum atomic E-state index is -4.38. The molecule has 0 unspecified atom stereocenters. The van der Waals surface area contributed by atoms with Crippen LogP contribution < -0.4 is 10.8 Å². The van der Waals surface area contributed by atoms with Crippen molar-refractivity contribution in [2.45, 2.75) is 6.18 Å². The molecule has 0 fully saturated rings. The molecule has 0 aliphatic carbocycles. The minimum absolute atomic E-state index is 0.299. The SMILES string of the molecule is CNC(=O)CNOCC(F)(F)F. The van der Waals surface area contributed by atoms with E-state index in [2.05, 4.69) is 10.2 Å². The number of alkyl halides is 3. The molecule has 0 rings (SSSR count). The van der Waals surface area contributed by atoms with Gasteiger partial charge in [-0.2, -0.15) is 18.7 Å². The Labute approximate surface area is 67.0 Å². The zero-order chi connectivity index (χ0) is 9.61. The lowest BCUT2D eigenvalue weighted by Crippen LogP contribution is -2.33. The molecule has 2 N–H and O–H groups in total. The van der Waals surface area contributed by atoms with Gasteiger partial charge in [0.05, 0.1) is 6.54 Å². The largest absolute Gasteiger partial charge is 0.413 e. The van der Waals surface area contributed by atoms with Gasteiger partial charge in [0.2, 0.25) is 5.91 Å². The van der Waals surface area contributed by atoms with Crippen molar-refractivity contribution in [2.75, 3.05) is 20.2 Å². The van der Waals surface area contributed by atoms with Crippen LogP contribution in [0.3, 0.4) is 0 Å². The van der Waals surface area contributed by atoms with E-state index in [1.807, 2.05) is 5.48 Å². The topological polar surface area (TPSA) is 50.4 Å². The molecule has 0 saturated carbocycles. The number of carbonyl (C=O) groups is 1. The Morgan fingerprint density at radius 2 is 2.08 bits per heavy atom. The van der Waals surface area contributed by atoms with Gasteiger partial charge in [0.15, 0.2) is 6.61 Å². The first-order chi connectivity index (χ1) is 5.45. The van der Waals surface area contributed by atoms with Crippen LogP contribution in [0.2, 0.25) is 0 Å². The van der Waals surface area contributed by atoms with Crippen LogP contribution in [0, 0.1) is 0 Å². The van der Waals surface area contributed by atoms with Crippen molar-refractivity contribution in [3.8, 4) is 0 Å². The van der Waals surface area contributed by atoms with Gasteiger partial charge in [-0.05, 0) is 0 Å². The summed E-state index contributed by atoms with van der Waals surface area (Å²) in [6, 6.07) is 0. The Balaban J connectivity index is 3.28. The van der Waals surface area contributed by atoms with Crippen molar-refractivity contribution in [3.63, 3.8) is 0 Å². The first-order valence-corrected chi connectivity index (χ1v) is 3.07. The van der Waals surface area contributed by atoms with E-state index in [1.165, 1.54) is 7.05 Å². The number of carbonyl (C=O) groups excluding carboxylic acids is 1. The molecule has 1 amide bonds. The Hall–Kier alpha value is -0.820. The maximum Gasteiger partial charge on any atom is 0.413 e. The third kappa shape index (κ3) is 7.29. The number of hydrogen-bond donors (Lipinski definition) is 2. The number of hydrogen-bond acceptors (Lipinski definition) is 3. The molecule has 0 aliphatic rings. The van der Waals surface area contributed by atoms with Crippen molar-refractivity contribution >= 4 is 5.91 Å². The standard InChI is InChI=1S/C5H9F3N2O2/c1-9-4(11)2-10-12-3-5(6,7)8/h10H,2-3H2,1H3,(H,9,11). The zero-order valence-corrected chi connectivity index (χ0v) is 6.36. The molecule has 0 aromatic rings. The summed E-state index contributed by atoms with van der Waals surface area (Å²) >= 11 is 0. The lowest BCUT2D eigenvalue weighted by Gasteiger charge is -2.07. The lowest BCUT2D eigenvalue weighted by atomic mass is 10.6. The second kappa shape index (κ2) is 4.94. The molecule has 0 aromatic heterocycles. The van der Waals surface area contributed by atoms with Crippen LogP contribution in [0.1, 0.15) is 0 Å². The number of nitrogens with one attached hydrogen (secondary N) is 2. The van der Waals surface area contributed by atoms with Gasteiger partial charge in [0, 0.05) is 7.05 Å². The number of rotatable bonds is 4. The van der Waals surface area contributed by atoms with Crippen LogP contribution in [0.25, 0.3) is 0 Å². The summed E-state index contributed by atoms with van der Waals surface area (Å²) in [7, 11) is 1.37. The van der Waals surface area contributed by atoms with Crippen molar-refractivity contribution < 1.29 is 22.8 Å². The Bertz CT molecular complexity index is 148. The highest BCUT2D eigenvalue weighted by Crippen LogP contribution is 2.13. The Morgan fingerprint density at radius 3 is 2.50 bits per heavy atom. The van der Waals surface area contributed by atoms with E-state index in [0.717, 1.165) is 0 Å². The molecule has 0 bridgehead atoms. The number of hydroxylamine groups is 1. The molecule has 4 nitrogen and oxygen atoms in total. The summed E-state index contributed by atoms with van der Waals surface area (Å²) in [5.41, 5.74) is 1.86. The predicted octanol–water partition coefficient (Wildman–Crippen LogP) is -0.184.